The smallest absolute Gasteiger partial charge is 0.251 e. The number of aromatic hydroxyl groups is 1. The van der Waals surface area contributed by atoms with Crippen molar-refractivity contribution in [3.05, 3.63) is 23.8 Å². The Balaban J connectivity index is 2.05. The van der Waals surface area contributed by atoms with Gasteiger partial charge in [-0.2, -0.15) is 0 Å². The van der Waals surface area contributed by atoms with Gasteiger partial charge in [-0.05, 0) is 24.6 Å². The summed E-state index contributed by atoms with van der Waals surface area (Å²) in [5, 5.41) is 22.0. The molecular formula is C13H17NO5. The van der Waals surface area contributed by atoms with Crippen molar-refractivity contribution < 1.29 is 24.5 Å². The summed E-state index contributed by atoms with van der Waals surface area (Å²) < 4.78 is 10.00. The van der Waals surface area contributed by atoms with Gasteiger partial charge in [0.15, 0.2) is 11.5 Å². The Hall–Kier alpha value is -1.79. The second-order valence-electron chi connectivity index (χ2n) is 4.40. The van der Waals surface area contributed by atoms with Crippen LogP contribution in [0, 0.1) is 0 Å². The molecule has 2 rings (SSSR count). The average Bonchev–Trinajstić information content (AvgIpc) is 2.41. The molecule has 0 bridgehead atoms. The number of ether oxygens (including phenoxy) is 2. The number of carbonyl (C=O) groups is 1. The lowest BCUT2D eigenvalue weighted by Crippen LogP contribution is -2.48. The van der Waals surface area contributed by atoms with Crippen LogP contribution >= 0.6 is 0 Å². The molecule has 1 amide bonds. The van der Waals surface area contributed by atoms with E-state index in [2.05, 4.69) is 5.32 Å². The van der Waals surface area contributed by atoms with Crippen LogP contribution in [-0.4, -0.2) is 48.6 Å². The minimum Gasteiger partial charge on any atom is -0.504 e. The first-order valence-corrected chi connectivity index (χ1v) is 6.05. The van der Waals surface area contributed by atoms with Gasteiger partial charge in [0.2, 0.25) is 0 Å². The van der Waals surface area contributed by atoms with E-state index >= 15 is 0 Å². The molecule has 6 heteroatoms. The van der Waals surface area contributed by atoms with E-state index in [1.807, 2.05) is 0 Å². The number of rotatable bonds is 3. The number of aliphatic hydroxyl groups excluding tert-OH is 1. The summed E-state index contributed by atoms with van der Waals surface area (Å²) >= 11 is 0. The van der Waals surface area contributed by atoms with E-state index in [4.69, 9.17) is 9.47 Å². The first-order chi connectivity index (χ1) is 9.11. The molecule has 1 saturated heterocycles. The van der Waals surface area contributed by atoms with Crippen molar-refractivity contribution in [2.75, 3.05) is 20.3 Å². The number of carbonyl (C=O) groups excluding carboxylic acids is 1. The maximum absolute atomic E-state index is 12.0. The number of hydrogen-bond acceptors (Lipinski definition) is 5. The van der Waals surface area contributed by atoms with Gasteiger partial charge in [0, 0.05) is 12.2 Å². The molecule has 19 heavy (non-hydrogen) atoms. The molecule has 3 N–H and O–H groups in total. The molecule has 104 valence electrons. The Morgan fingerprint density at radius 3 is 2.95 bits per heavy atom. The molecule has 0 aliphatic carbocycles. The number of phenolic OH excluding ortho intramolecular Hbond substituents is 1. The van der Waals surface area contributed by atoms with Gasteiger partial charge in [0.05, 0.1) is 25.9 Å². The molecule has 1 fully saturated rings. The van der Waals surface area contributed by atoms with Crippen molar-refractivity contribution in [1.82, 2.24) is 5.32 Å². The Morgan fingerprint density at radius 2 is 2.32 bits per heavy atom. The molecule has 1 heterocycles. The van der Waals surface area contributed by atoms with Crippen LogP contribution in [0.1, 0.15) is 16.8 Å². The fourth-order valence-corrected chi connectivity index (χ4v) is 1.97. The summed E-state index contributed by atoms with van der Waals surface area (Å²) in [5.74, 6) is -0.130. The van der Waals surface area contributed by atoms with Gasteiger partial charge < -0.3 is 25.0 Å². The standard InChI is InChI=1S/C13H17NO5/c1-18-12-3-2-8(6-10(12)15)13(17)14-9-4-5-19-7-11(9)16/h2-3,6,9,11,15-16H,4-5,7H2,1H3,(H,14,17)/t9-,11-/m1/s1. The quantitative estimate of drug-likeness (QED) is 0.732. The van der Waals surface area contributed by atoms with Gasteiger partial charge in [0.25, 0.3) is 5.91 Å². The molecule has 0 aromatic heterocycles. The van der Waals surface area contributed by atoms with E-state index in [1.165, 1.54) is 19.2 Å². The number of hydrogen-bond donors (Lipinski definition) is 3. The summed E-state index contributed by atoms with van der Waals surface area (Å²) in [5.41, 5.74) is 0.317. The zero-order chi connectivity index (χ0) is 13.8. The summed E-state index contributed by atoms with van der Waals surface area (Å²) in [6, 6.07) is 4.08. The second-order valence-corrected chi connectivity index (χ2v) is 4.40. The Kier molecular flexibility index (Phi) is 4.24. The lowest BCUT2D eigenvalue weighted by molar-refractivity contribution is -0.0260. The van der Waals surface area contributed by atoms with E-state index < -0.39 is 6.10 Å². The molecular weight excluding hydrogens is 250 g/mol. The number of benzene rings is 1. The molecule has 1 aliphatic heterocycles. The summed E-state index contributed by atoms with van der Waals surface area (Å²) in [7, 11) is 1.44. The maximum atomic E-state index is 12.0. The van der Waals surface area contributed by atoms with Crippen LogP contribution in [0.3, 0.4) is 0 Å². The lowest BCUT2D eigenvalue weighted by atomic mass is 10.1. The minimum absolute atomic E-state index is 0.0947. The van der Waals surface area contributed by atoms with E-state index in [0.717, 1.165) is 0 Å². The van der Waals surface area contributed by atoms with E-state index in [9.17, 15) is 15.0 Å². The van der Waals surface area contributed by atoms with Gasteiger partial charge in [0.1, 0.15) is 0 Å². The molecule has 0 saturated carbocycles. The van der Waals surface area contributed by atoms with Crippen LogP contribution in [0.2, 0.25) is 0 Å². The van der Waals surface area contributed by atoms with E-state index in [-0.39, 0.29) is 24.3 Å². The average molecular weight is 267 g/mol. The van der Waals surface area contributed by atoms with Crippen molar-refractivity contribution in [3.63, 3.8) is 0 Å². The highest BCUT2D eigenvalue weighted by molar-refractivity contribution is 5.95. The zero-order valence-corrected chi connectivity index (χ0v) is 10.6. The third-order valence-electron chi connectivity index (χ3n) is 3.08. The van der Waals surface area contributed by atoms with Crippen LogP contribution in [0.15, 0.2) is 18.2 Å². The highest BCUT2D eigenvalue weighted by Crippen LogP contribution is 2.26. The molecule has 0 radical (unpaired) electrons. The summed E-state index contributed by atoms with van der Waals surface area (Å²) in [6.45, 7) is 0.731. The minimum atomic E-state index is -0.704. The van der Waals surface area contributed by atoms with Crippen LogP contribution in [-0.2, 0) is 4.74 Å². The fraction of sp³-hybridized carbons (Fsp3) is 0.462. The SMILES string of the molecule is COc1ccc(C(=O)N[C@@H]2CCOC[C@H]2O)cc1O. The Morgan fingerprint density at radius 1 is 1.53 bits per heavy atom. The third-order valence-corrected chi connectivity index (χ3v) is 3.08. The fourth-order valence-electron chi connectivity index (χ4n) is 1.97. The van der Waals surface area contributed by atoms with E-state index in [1.54, 1.807) is 6.07 Å². The number of methoxy groups -OCH3 is 1. The molecule has 2 atom stereocenters. The molecule has 1 aromatic carbocycles. The van der Waals surface area contributed by atoms with Crippen LogP contribution < -0.4 is 10.1 Å². The number of amides is 1. The number of phenols is 1. The molecule has 6 nitrogen and oxygen atoms in total. The molecule has 1 aromatic rings. The van der Waals surface area contributed by atoms with Crippen molar-refractivity contribution in [2.24, 2.45) is 0 Å². The molecule has 1 aliphatic rings. The summed E-state index contributed by atoms with van der Waals surface area (Å²) in [6.07, 6.45) is -0.140. The van der Waals surface area contributed by atoms with Crippen molar-refractivity contribution in [3.8, 4) is 11.5 Å². The highest BCUT2D eigenvalue weighted by Gasteiger charge is 2.25. The number of aliphatic hydroxyl groups is 1. The van der Waals surface area contributed by atoms with Gasteiger partial charge in [-0.25, -0.2) is 0 Å². The lowest BCUT2D eigenvalue weighted by Gasteiger charge is -2.28. The number of nitrogens with one attached hydrogen (secondary N) is 1. The van der Waals surface area contributed by atoms with Gasteiger partial charge >= 0.3 is 0 Å². The van der Waals surface area contributed by atoms with Gasteiger partial charge in [-0.3, -0.25) is 4.79 Å². The normalized spacial score (nSPS) is 22.8. The third kappa shape index (κ3) is 3.15. The molecule has 0 unspecified atom stereocenters. The zero-order valence-electron chi connectivity index (χ0n) is 10.6. The summed E-state index contributed by atoms with van der Waals surface area (Å²) in [4.78, 5) is 12.0. The van der Waals surface area contributed by atoms with Gasteiger partial charge in [-0.1, -0.05) is 0 Å². The highest BCUT2D eigenvalue weighted by atomic mass is 16.5. The Labute approximate surface area is 111 Å². The monoisotopic (exact) mass is 267 g/mol. The van der Waals surface area contributed by atoms with Crippen molar-refractivity contribution in [2.45, 2.75) is 18.6 Å². The predicted octanol–water partition coefficient (Wildman–Crippen LogP) is 0.280. The molecule has 0 spiro atoms. The van der Waals surface area contributed by atoms with Crippen LogP contribution in [0.4, 0.5) is 0 Å². The van der Waals surface area contributed by atoms with Crippen LogP contribution in [0.5, 0.6) is 11.5 Å². The van der Waals surface area contributed by atoms with Gasteiger partial charge in [-0.15, -0.1) is 0 Å². The van der Waals surface area contributed by atoms with E-state index in [0.29, 0.717) is 24.3 Å². The topological polar surface area (TPSA) is 88.0 Å². The predicted molar refractivity (Wildman–Crippen MR) is 67.4 cm³/mol. The first-order valence-electron chi connectivity index (χ1n) is 6.05. The largest absolute Gasteiger partial charge is 0.504 e. The second kappa shape index (κ2) is 5.90. The van der Waals surface area contributed by atoms with Crippen molar-refractivity contribution >= 4 is 5.91 Å². The Bertz CT molecular complexity index is 462. The van der Waals surface area contributed by atoms with Crippen LogP contribution in [0.25, 0.3) is 0 Å². The first kappa shape index (κ1) is 13.6. The maximum Gasteiger partial charge on any atom is 0.251 e. The van der Waals surface area contributed by atoms with Crippen molar-refractivity contribution in [1.29, 1.82) is 0 Å².